The molecule has 0 aliphatic carbocycles. The van der Waals surface area contributed by atoms with Gasteiger partial charge in [0.25, 0.3) is 0 Å². The average Bonchev–Trinajstić information content (AvgIpc) is 0.931. The number of carbonyl (C=O) groups is 4. The van der Waals surface area contributed by atoms with E-state index in [9.17, 15) is 43.2 Å². The zero-order valence-corrected chi connectivity index (χ0v) is 66.9. The molecule has 0 fully saturated rings. The number of phosphoric acid groups is 2. The zero-order chi connectivity index (χ0) is 76.0. The lowest BCUT2D eigenvalue weighted by Gasteiger charge is -2.21. The molecular formula is C85H144O17P2. The third-order valence-corrected chi connectivity index (χ3v) is 18.5. The normalized spacial score (nSPS) is 14.6. The molecule has 104 heavy (non-hydrogen) atoms. The fourth-order valence-electron chi connectivity index (χ4n) is 10.6. The summed E-state index contributed by atoms with van der Waals surface area (Å²) >= 11 is 0. The maximum atomic E-state index is 13.1. The first-order valence-electron chi connectivity index (χ1n) is 40.4. The smallest absolute Gasteiger partial charge is 0.462 e. The molecule has 0 aromatic heterocycles. The summed E-state index contributed by atoms with van der Waals surface area (Å²) in [4.78, 5) is 73.0. The highest BCUT2D eigenvalue weighted by atomic mass is 31.2. The molecule has 0 saturated carbocycles. The molecule has 0 rings (SSSR count). The Morgan fingerprint density at radius 1 is 0.279 bits per heavy atom. The van der Waals surface area contributed by atoms with Crippen molar-refractivity contribution in [2.24, 2.45) is 0 Å². The number of esters is 4. The summed E-state index contributed by atoms with van der Waals surface area (Å²) in [5.41, 5.74) is 0. The summed E-state index contributed by atoms with van der Waals surface area (Å²) in [5, 5.41) is 10.6. The van der Waals surface area contributed by atoms with Gasteiger partial charge in [-0.15, -0.1) is 0 Å². The van der Waals surface area contributed by atoms with Gasteiger partial charge < -0.3 is 33.8 Å². The highest BCUT2D eigenvalue weighted by Gasteiger charge is 2.30. The fraction of sp³-hybridized carbons (Fsp3) is 0.694. The summed E-state index contributed by atoms with van der Waals surface area (Å²) in [5.74, 6) is -2.22. The number of hydrogen-bond acceptors (Lipinski definition) is 15. The lowest BCUT2D eigenvalue weighted by atomic mass is 10.1. The minimum atomic E-state index is -4.99. The molecule has 0 amide bonds. The van der Waals surface area contributed by atoms with Gasteiger partial charge in [0.05, 0.1) is 26.4 Å². The molecule has 5 atom stereocenters. The average molecular weight is 1500 g/mol. The maximum absolute atomic E-state index is 13.1. The Balaban J connectivity index is 5.37. The van der Waals surface area contributed by atoms with Crippen LogP contribution in [-0.4, -0.2) is 96.7 Å². The third kappa shape index (κ3) is 75.4. The first kappa shape index (κ1) is 99.2. The quantitative estimate of drug-likeness (QED) is 0.0169. The van der Waals surface area contributed by atoms with E-state index in [-0.39, 0.29) is 25.7 Å². The standard InChI is InChI=1S/C85H144O17P2/c1-5-9-13-17-21-25-29-32-35-38-39-42-44-47-51-54-58-62-66-70-83(88)96-76-81(102-85(90)72-68-64-60-56-52-48-45-41-37-34-31-27-23-19-15-11-7-3)78-100-104(93,94)98-74-79(86)73-97-103(91,92)99-77-80(101-84(89)71-67-63-59-55-49-28-24-20-16-12-8-4)75-95-82(87)69-65-61-57-53-50-46-43-40-36-33-30-26-22-18-14-10-6-2/h9-11,13-15,21-23,25-27,32-37,39,42-43,46,79-81,86H,5-8,12,16-20,24,28-31,38,40-41,44-45,47-78H2,1-4H3,(H,91,92)(H,93,94)/b13-9-,14-10-,15-11-,25-21-,26-22-,27-23-,35-32-,36-33-,37-34-,42-39-,46-43-. The Morgan fingerprint density at radius 3 is 0.769 bits per heavy atom. The van der Waals surface area contributed by atoms with Gasteiger partial charge in [-0.2, -0.15) is 0 Å². The summed E-state index contributed by atoms with van der Waals surface area (Å²) < 4.78 is 68.6. The van der Waals surface area contributed by atoms with Crippen LogP contribution in [-0.2, 0) is 65.4 Å². The second-order valence-electron chi connectivity index (χ2n) is 26.6. The van der Waals surface area contributed by atoms with Crippen molar-refractivity contribution < 1.29 is 80.2 Å². The number of hydrogen-bond donors (Lipinski definition) is 3. The molecule has 0 aromatic carbocycles. The van der Waals surface area contributed by atoms with Crippen LogP contribution in [0.15, 0.2) is 134 Å². The van der Waals surface area contributed by atoms with Crippen molar-refractivity contribution >= 4 is 39.5 Å². The SMILES string of the molecule is CC/C=C\C/C=C\C/C=C\C/C=C\CCCCCCCCC(=O)OCC(COP(=O)(O)OCC(O)COP(=O)(O)OCC(COC(=O)CCCCCC/C=C\C/C=C\C/C=C\C/C=C\CC)OC(=O)CCCCCCCCCCCCC)OC(=O)CCCCCCCCC/C=C\C/C=C\C/C=C\CC. The summed E-state index contributed by atoms with van der Waals surface area (Å²) in [6.45, 7) is 4.50. The molecule has 5 unspecified atom stereocenters. The van der Waals surface area contributed by atoms with Gasteiger partial charge in [0.1, 0.15) is 19.3 Å². The molecule has 596 valence electrons. The monoisotopic (exact) mass is 1500 g/mol. The van der Waals surface area contributed by atoms with Gasteiger partial charge >= 0.3 is 39.5 Å². The highest BCUT2D eigenvalue weighted by Crippen LogP contribution is 2.45. The Kier molecular flexibility index (Phi) is 72.9. The number of phosphoric ester groups is 2. The van der Waals surface area contributed by atoms with E-state index in [1.165, 1.54) is 38.5 Å². The van der Waals surface area contributed by atoms with E-state index in [1.54, 1.807) is 0 Å². The highest BCUT2D eigenvalue weighted by molar-refractivity contribution is 7.47. The summed E-state index contributed by atoms with van der Waals surface area (Å²) in [6.07, 6.45) is 85.7. The molecule has 0 saturated heterocycles. The van der Waals surface area contributed by atoms with Crippen LogP contribution in [0.25, 0.3) is 0 Å². The van der Waals surface area contributed by atoms with Crippen LogP contribution in [0.4, 0.5) is 0 Å². The third-order valence-electron chi connectivity index (χ3n) is 16.6. The molecule has 0 radical (unpaired) electrons. The predicted molar refractivity (Wildman–Crippen MR) is 427 cm³/mol. The maximum Gasteiger partial charge on any atom is 0.472 e. The molecule has 0 bridgehead atoms. The number of ether oxygens (including phenoxy) is 4. The topological polar surface area (TPSA) is 237 Å². The van der Waals surface area contributed by atoms with Crippen molar-refractivity contribution in [2.75, 3.05) is 39.6 Å². The molecule has 3 N–H and O–H groups in total. The van der Waals surface area contributed by atoms with Crippen molar-refractivity contribution in [3.63, 3.8) is 0 Å². The minimum absolute atomic E-state index is 0.0773. The van der Waals surface area contributed by atoms with E-state index in [4.69, 9.17) is 37.0 Å². The number of rotatable bonds is 75. The molecule has 19 heteroatoms. The van der Waals surface area contributed by atoms with Gasteiger partial charge in [-0.1, -0.05) is 296 Å². The van der Waals surface area contributed by atoms with E-state index in [2.05, 4.69) is 161 Å². The van der Waals surface area contributed by atoms with Crippen molar-refractivity contribution in [3.05, 3.63) is 134 Å². The van der Waals surface area contributed by atoms with Crippen LogP contribution in [0.5, 0.6) is 0 Å². The van der Waals surface area contributed by atoms with E-state index in [0.717, 1.165) is 205 Å². The lowest BCUT2D eigenvalue weighted by molar-refractivity contribution is -0.161. The van der Waals surface area contributed by atoms with Crippen molar-refractivity contribution in [2.45, 2.75) is 341 Å². The number of aliphatic hydroxyl groups is 1. The first-order valence-corrected chi connectivity index (χ1v) is 43.4. The molecule has 0 aliphatic rings. The number of unbranched alkanes of at least 4 members (excludes halogenated alkanes) is 27. The minimum Gasteiger partial charge on any atom is -0.462 e. The number of allylic oxidation sites excluding steroid dienone is 22. The van der Waals surface area contributed by atoms with Gasteiger partial charge in [0.15, 0.2) is 12.2 Å². The van der Waals surface area contributed by atoms with Crippen LogP contribution in [0.1, 0.15) is 323 Å². The van der Waals surface area contributed by atoms with Gasteiger partial charge in [0.2, 0.25) is 0 Å². The Hall–Kier alpha value is -4.80. The Morgan fingerprint density at radius 2 is 0.500 bits per heavy atom. The molecule has 0 aromatic rings. The molecule has 0 aliphatic heterocycles. The van der Waals surface area contributed by atoms with Crippen LogP contribution in [0.2, 0.25) is 0 Å². The van der Waals surface area contributed by atoms with Crippen molar-refractivity contribution in [1.29, 1.82) is 0 Å². The van der Waals surface area contributed by atoms with Gasteiger partial charge in [-0.05, 0) is 135 Å². The van der Waals surface area contributed by atoms with E-state index < -0.39 is 97.5 Å². The van der Waals surface area contributed by atoms with Gasteiger partial charge in [0, 0.05) is 25.7 Å². The van der Waals surface area contributed by atoms with Crippen molar-refractivity contribution in [1.82, 2.24) is 0 Å². The number of aliphatic hydroxyl groups excluding tert-OH is 1. The zero-order valence-electron chi connectivity index (χ0n) is 65.2. The second kappa shape index (κ2) is 76.4. The predicted octanol–water partition coefficient (Wildman–Crippen LogP) is 23.7. The molecule has 17 nitrogen and oxygen atoms in total. The molecular weight excluding hydrogens is 1350 g/mol. The molecule has 0 spiro atoms. The summed E-state index contributed by atoms with van der Waals surface area (Å²) in [6, 6.07) is 0. The fourth-order valence-corrected chi connectivity index (χ4v) is 12.1. The van der Waals surface area contributed by atoms with E-state index in [0.29, 0.717) is 25.7 Å². The number of carbonyl (C=O) groups excluding carboxylic acids is 4. The summed E-state index contributed by atoms with van der Waals surface area (Å²) in [7, 11) is -9.97. The second-order valence-corrected chi connectivity index (χ2v) is 29.5. The lowest BCUT2D eigenvalue weighted by Crippen LogP contribution is -2.30. The van der Waals surface area contributed by atoms with Crippen LogP contribution in [0, 0.1) is 0 Å². The largest absolute Gasteiger partial charge is 0.472 e. The van der Waals surface area contributed by atoms with E-state index >= 15 is 0 Å². The van der Waals surface area contributed by atoms with Gasteiger partial charge in [-0.25, -0.2) is 9.13 Å². The Bertz CT molecular complexity index is 2490. The van der Waals surface area contributed by atoms with E-state index in [1.807, 2.05) is 0 Å². The Labute approximate surface area is 631 Å². The van der Waals surface area contributed by atoms with Crippen LogP contribution >= 0.6 is 15.6 Å². The van der Waals surface area contributed by atoms with Crippen molar-refractivity contribution in [3.8, 4) is 0 Å². The van der Waals surface area contributed by atoms with Crippen LogP contribution < -0.4 is 0 Å². The molecule has 0 heterocycles. The van der Waals surface area contributed by atoms with Gasteiger partial charge in [-0.3, -0.25) is 37.3 Å². The first-order chi connectivity index (χ1) is 50.7. The van der Waals surface area contributed by atoms with Crippen LogP contribution in [0.3, 0.4) is 0 Å².